The molecule has 0 radical (unpaired) electrons. The van der Waals surface area contributed by atoms with Crippen LogP contribution in [0, 0.1) is 5.92 Å². The molecule has 1 fully saturated rings. The summed E-state index contributed by atoms with van der Waals surface area (Å²) in [7, 11) is 3.13. The Morgan fingerprint density at radius 1 is 1.33 bits per heavy atom. The average molecular weight is 334 g/mol. The number of amides is 2. The predicted octanol–water partition coefficient (Wildman–Crippen LogP) is 3.15. The van der Waals surface area contributed by atoms with Crippen molar-refractivity contribution in [3.63, 3.8) is 0 Å². The van der Waals surface area contributed by atoms with Crippen LogP contribution in [0.4, 0.5) is 10.5 Å². The summed E-state index contributed by atoms with van der Waals surface area (Å²) in [6, 6.07) is 5.30. The number of hydrogen-bond donors (Lipinski definition) is 1. The Kier molecular flexibility index (Phi) is 6.93. The molecule has 1 aromatic carbocycles. The van der Waals surface area contributed by atoms with Gasteiger partial charge in [-0.15, -0.1) is 6.58 Å². The van der Waals surface area contributed by atoms with Crippen molar-refractivity contribution < 1.29 is 19.0 Å². The summed E-state index contributed by atoms with van der Waals surface area (Å²) in [4.78, 5) is 14.3. The highest BCUT2D eigenvalue weighted by molar-refractivity contribution is 5.91. The molecule has 6 heteroatoms. The molecule has 0 saturated carbocycles. The molecule has 1 aromatic rings. The van der Waals surface area contributed by atoms with Gasteiger partial charge in [-0.25, -0.2) is 4.79 Å². The van der Waals surface area contributed by atoms with Gasteiger partial charge in [0.1, 0.15) is 0 Å². The van der Waals surface area contributed by atoms with Crippen LogP contribution in [0.2, 0.25) is 0 Å². The number of likely N-dealkylation sites (tertiary alicyclic amines) is 1. The van der Waals surface area contributed by atoms with E-state index in [9.17, 15) is 4.79 Å². The van der Waals surface area contributed by atoms with Gasteiger partial charge in [-0.2, -0.15) is 0 Å². The van der Waals surface area contributed by atoms with Crippen LogP contribution >= 0.6 is 0 Å². The molecule has 1 N–H and O–H groups in total. The maximum Gasteiger partial charge on any atom is 0.321 e. The molecule has 6 nitrogen and oxygen atoms in total. The second-order valence-corrected chi connectivity index (χ2v) is 5.73. The van der Waals surface area contributed by atoms with Gasteiger partial charge in [0, 0.05) is 19.7 Å². The van der Waals surface area contributed by atoms with Crippen molar-refractivity contribution in [2.24, 2.45) is 5.92 Å². The molecule has 0 aliphatic carbocycles. The van der Waals surface area contributed by atoms with E-state index in [1.54, 1.807) is 32.4 Å². The lowest BCUT2D eigenvalue weighted by Gasteiger charge is -2.32. The number of urea groups is 1. The number of hydrogen-bond acceptors (Lipinski definition) is 4. The number of para-hydroxylation sites is 1. The first kappa shape index (κ1) is 18.1. The van der Waals surface area contributed by atoms with Crippen molar-refractivity contribution in [2.45, 2.75) is 12.8 Å². The quantitative estimate of drug-likeness (QED) is 0.615. The Bertz CT molecular complexity index is 554. The zero-order valence-electron chi connectivity index (χ0n) is 14.4. The van der Waals surface area contributed by atoms with Gasteiger partial charge in [-0.05, 0) is 30.9 Å². The van der Waals surface area contributed by atoms with Crippen LogP contribution in [0.25, 0.3) is 0 Å². The molecule has 132 valence electrons. The smallest absolute Gasteiger partial charge is 0.321 e. The number of ether oxygens (including phenoxy) is 3. The molecule has 0 bridgehead atoms. The second-order valence-electron chi connectivity index (χ2n) is 5.73. The van der Waals surface area contributed by atoms with Crippen LogP contribution in [0.15, 0.2) is 30.9 Å². The monoisotopic (exact) mass is 334 g/mol. The summed E-state index contributed by atoms with van der Waals surface area (Å²) in [6.45, 7) is 6.39. The number of carbonyl (C=O) groups is 1. The number of benzene rings is 1. The number of rotatable bonds is 7. The summed E-state index contributed by atoms with van der Waals surface area (Å²) < 4.78 is 16.1. The standard InChI is InChI=1S/C18H26N2O4/c1-4-12-24-13-14-8-10-20(11-9-14)18(21)19-15-6-5-7-16(22-2)17(15)23-3/h4-7,14H,1,8-13H2,2-3H3,(H,19,21). The van der Waals surface area contributed by atoms with Crippen molar-refractivity contribution in [3.05, 3.63) is 30.9 Å². The van der Waals surface area contributed by atoms with E-state index in [0.717, 1.165) is 32.5 Å². The number of piperidine rings is 1. The van der Waals surface area contributed by atoms with Gasteiger partial charge >= 0.3 is 6.03 Å². The third-order valence-corrected chi connectivity index (χ3v) is 4.14. The lowest BCUT2D eigenvalue weighted by Crippen LogP contribution is -2.41. The Hall–Kier alpha value is -2.21. The lowest BCUT2D eigenvalue weighted by atomic mass is 9.98. The van der Waals surface area contributed by atoms with Gasteiger partial charge in [0.05, 0.1) is 26.5 Å². The third-order valence-electron chi connectivity index (χ3n) is 4.14. The number of carbonyl (C=O) groups excluding carboxylic acids is 1. The molecule has 1 saturated heterocycles. The van der Waals surface area contributed by atoms with E-state index in [1.165, 1.54) is 0 Å². The van der Waals surface area contributed by atoms with Crippen LogP contribution in [-0.2, 0) is 4.74 Å². The van der Waals surface area contributed by atoms with Crippen molar-refractivity contribution in [3.8, 4) is 11.5 Å². The van der Waals surface area contributed by atoms with Crippen molar-refractivity contribution >= 4 is 11.7 Å². The highest BCUT2D eigenvalue weighted by atomic mass is 16.5. The van der Waals surface area contributed by atoms with E-state index in [4.69, 9.17) is 14.2 Å². The normalized spacial score (nSPS) is 15.0. The second kappa shape index (κ2) is 9.17. The fourth-order valence-corrected chi connectivity index (χ4v) is 2.80. The van der Waals surface area contributed by atoms with Crippen LogP contribution in [0.3, 0.4) is 0 Å². The van der Waals surface area contributed by atoms with Gasteiger partial charge in [0.15, 0.2) is 11.5 Å². The van der Waals surface area contributed by atoms with Gasteiger partial charge in [0.25, 0.3) is 0 Å². The first-order chi connectivity index (χ1) is 11.7. The van der Waals surface area contributed by atoms with Crippen molar-refractivity contribution in [1.29, 1.82) is 0 Å². The van der Waals surface area contributed by atoms with Crippen LogP contribution in [-0.4, -0.2) is 51.5 Å². The van der Waals surface area contributed by atoms with E-state index in [1.807, 2.05) is 11.0 Å². The molecule has 24 heavy (non-hydrogen) atoms. The molecule has 1 aliphatic rings. The highest BCUT2D eigenvalue weighted by Gasteiger charge is 2.23. The van der Waals surface area contributed by atoms with E-state index >= 15 is 0 Å². The minimum absolute atomic E-state index is 0.119. The number of anilines is 1. The number of methoxy groups -OCH3 is 2. The Morgan fingerprint density at radius 3 is 2.71 bits per heavy atom. The third kappa shape index (κ3) is 4.64. The lowest BCUT2D eigenvalue weighted by molar-refractivity contribution is 0.0906. The summed E-state index contributed by atoms with van der Waals surface area (Å²) in [6.07, 6.45) is 3.64. The minimum atomic E-state index is -0.119. The maximum atomic E-state index is 12.5. The van der Waals surface area contributed by atoms with E-state index in [0.29, 0.717) is 29.7 Å². The van der Waals surface area contributed by atoms with Crippen molar-refractivity contribution in [2.75, 3.05) is 45.8 Å². The maximum absolute atomic E-state index is 12.5. The Morgan fingerprint density at radius 2 is 2.08 bits per heavy atom. The summed E-state index contributed by atoms with van der Waals surface area (Å²) >= 11 is 0. The molecule has 0 unspecified atom stereocenters. The Balaban J connectivity index is 1.89. The molecule has 0 spiro atoms. The SMILES string of the molecule is C=CCOCC1CCN(C(=O)Nc2cccc(OC)c2OC)CC1. The molecule has 0 atom stereocenters. The topological polar surface area (TPSA) is 60.0 Å². The molecular formula is C18H26N2O4. The van der Waals surface area contributed by atoms with Gasteiger partial charge in [-0.1, -0.05) is 12.1 Å². The summed E-state index contributed by atoms with van der Waals surface area (Å²) in [5, 5.41) is 2.91. The summed E-state index contributed by atoms with van der Waals surface area (Å²) in [5.41, 5.74) is 0.610. The first-order valence-electron chi connectivity index (χ1n) is 8.15. The molecule has 2 amide bonds. The molecule has 1 aliphatic heterocycles. The average Bonchev–Trinajstić information content (AvgIpc) is 2.62. The van der Waals surface area contributed by atoms with E-state index in [2.05, 4.69) is 11.9 Å². The van der Waals surface area contributed by atoms with Crippen molar-refractivity contribution in [1.82, 2.24) is 4.90 Å². The predicted molar refractivity (Wildman–Crippen MR) is 93.9 cm³/mol. The highest BCUT2D eigenvalue weighted by Crippen LogP contribution is 2.35. The zero-order chi connectivity index (χ0) is 17.4. The molecule has 0 aromatic heterocycles. The van der Waals surface area contributed by atoms with E-state index in [-0.39, 0.29) is 6.03 Å². The first-order valence-corrected chi connectivity index (χ1v) is 8.15. The van der Waals surface area contributed by atoms with Gasteiger partial charge < -0.3 is 24.4 Å². The van der Waals surface area contributed by atoms with Crippen LogP contribution in [0.5, 0.6) is 11.5 Å². The number of nitrogens with one attached hydrogen (secondary N) is 1. The summed E-state index contributed by atoms with van der Waals surface area (Å²) in [5.74, 6) is 1.62. The van der Waals surface area contributed by atoms with E-state index < -0.39 is 0 Å². The number of nitrogens with zero attached hydrogens (tertiary/aromatic N) is 1. The van der Waals surface area contributed by atoms with Gasteiger partial charge in [-0.3, -0.25) is 0 Å². The van der Waals surface area contributed by atoms with Gasteiger partial charge in [0.2, 0.25) is 0 Å². The van der Waals surface area contributed by atoms with Crippen LogP contribution in [0.1, 0.15) is 12.8 Å². The molecule has 2 rings (SSSR count). The molecular weight excluding hydrogens is 308 g/mol. The minimum Gasteiger partial charge on any atom is -0.493 e. The molecule has 1 heterocycles. The largest absolute Gasteiger partial charge is 0.493 e. The Labute approximate surface area is 143 Å². The fraction of sp³-hybridized carbons (Fsp3) is 0.500. The zero-order valence-corrected chi connectivity index (χ0v) is 14.4. The van der Waals surface area contributed by atoms with Crippen LogP contribution < -0.4 is 14.8 Å². The fourth-order valence-electron chi connectivity index (χ4n) is 2.80.